The first-order valence-corrected chi connectivity index (χ1v) is 11.2. The van der Waals surface area contributed by atoms with E-state index in [1.807, 2.05) is 36.6 Å². The van der Waals surface area contributed by atoms with Crippen LogP contribution in [-0.2, 0) is 9.59 Å². The highest BCUT2D eigenvalue weighted by molar-refractivity contribution is 7.10. The van der Waals surface area contributed by atoms with E-state index in [1.165, 1.54) is 11.3 Å². The second-order valence-electron chi connectivity index (χ2n) is 7.55. The first-order chi connectivity index (χ1) is 15.5. The van der Waals surface area contributed by atoms with Gasteiger partial charge in [0.05, 0.1) is 0 Å². The lowest BCUT2D eigenvalue weighted by Gasteiger charge is -2.17. The number of nitrogens with zero attached hydrogens (tertiary/aromatic N) is 1. The summed E-state index contributed by atoms with van der Waals surface area (Å²) in [7, 11) is 0. The standard InChI is InChI=1S/C25H23N3O3S/c1-17-6-2-7-18(14-17)24(30)27-22(16-21-10-5-13-32-21)25(31)26-19-8-3-9-20(15-19)28-12-4-11-23(28)29/h2-3,5-10,13-16H,4,11-12H2,1H3,(H,26,31)(H,27,30)/b22-16-. The third-order valence-corrected chi connectivity index (χ3v) is 5.91. The molecular formula is C25H23N3O3S. The van der Waals surface area contributed by atoms with Crippen LogP contribution in [-0.4, -0.2) is 24.3 Å². The summed E-state index contributed by atoms with van der Waals surface area (Å²) in [5.74, 6) is -0.718. The number of benzene rings is 2. The number of aryl methyl sites for hydroxylation is 1. The van der Waals surface area contributed by atoms with Crippen LogP contribution in [0, 0.1) is 6.92 Å². The van der Waals surface area contributed by atoms with Crippen molar-refractivity contribution in [3.8, 4) is 0 Å². The Kier molecular flexibility index (Phi) is 6.47. The second kappa shape index (κ2) is 9.62. The van der Waals surface area contributed by atoms with Gasteiger partial charge in [-0.05, 0) is 61.2 Å². The maximum atomic E-state index is 13.1. The van der Waals surface area contributed by atoms with Gasteiger partial charge in [-0.25, -0.2) is 0 Å². The lowest BCUT2D eigenvalue weighted by Crippen LogP contribution is -2.31. The van der Waals surface area contributed by atoms with E-state index in [2.05, 4.69) is 10.6 Å². The van der Waals surface area contributed by atoms with Gasteiger partial charge in [0.2, 0.25) is 5.91 Å². The van der Waals surface area contributed by atoms with E-state index in [9.17, 15) is 14.4 Å². The van der Waals surface area contributed by atoms with Crippen molar-refractivity contribution < 1.29 is 14.4 Å². The van der Waals surface area contributed by atoms with Gasteiger partial charge >= 0.3 is 0 Å². The molecule has 0 bridgehead atoms. The number of carbonyl (C=O) groups excluding carboxylic acids is 3. The Morgan fingerprint density at radius 3 is 2.62 bits per heavy atom. The van der Waals surface area contributed by atoms with Crippen LogP contribution < -0.4 is 15.5 Å². The maximum Gasteiger partial charge on any atom is 0.272 e. The first kappa shape index (κ1) is 21.5. The molecule has 0 radical (unpaired) electrons. The minimum atomic E-state index is -0.440. The van der Waals surface area contributed by atoms with Crippen molar-refractivity contribution in [3.63, 3.8) is 0 Å². The molecule has 1 aliphatic rings. The van der Waals surface area contributed by atoms with E-state index in [-0.39, 0.29) is 17.5 Å². The molecule has 0 atom stereocenters. The van der Waals surface area contributed by atoms with Gasteiger partial charge in [0, 0.05) is 34.8 Å². The highest BCUT2D eigenvalue weighted by atomic mass is 32.1. The molecule has 3 aromatic rings. The highest BCUT2D eigenvalue weighted by Gasteiger charge is 2.22. The number of anilines is 2. The quantitative estimate of drug-likeness (QED) is 0.545. The molecule has 1 fully saturated rings. The summed E-state index contributed by atoms with van der Waals surface area (Å²) in [5, 5.41) is 7.50. The van der Waals surface area contributed by atoms with E-state index in [0.717, 1.165) is 22.5 Å². The van der Waals surface area contributed by atoms with E-state index < -0.39 is 5.91 Å². The third-order valence-electron chi connectivity index (χ3n) is 5.09. The van der Waals surface area contributed by atoms with Crippen molar-refractivity contribution in [1.82, 2.24) is 5.32 Å². The van der Waals surface area contributed by atoms with Crippen LogP contribution in [0.4, 0.5) is 11.4 Å². The van der Waals surface area contributed by atoms with Crippen LogP contribution >= 0.6 is 11.3 Å². The average molecular weight is 446 g/mol. The van der Waals surface area contributed by atoms with E-state index in [1.54, 1.807) is 47.4 Å². The third kappa shape index (κ3) is 5.12. The molecule has 2 N–H and O–H groups in total. The summed E-state index contributed by atoms with van der Waals surface area (Å²) in [4.78, 5) is 40.5. The largest absolute Gasteiger partial charge is 0.321 e. The van der Waals surface area contributed by atoms with Crippen molar-refractivity contribution in [2.45, 2.75) is 19.8 Å². The molecular weight excluding hydrogens is 422 g/mol. The monoisotopic (exact) mass is 445 g/mol. The zero-order chi connectivity index (χ0) is 22.5. The van der Waals surface area contributed by atoms with Gasteiger partial charge in [0.25, 0.3) is 11.8 Å². The minimum Gasteiger partial charge on any atom is -0.321 e. The Morgan fingerprint density at radius 2 is 1.91 bits per heavy atom. The zero-order valence-corrected chi connectivity index (χ0v) is 18.4. The van der Waals surface area contributed by atoms with E-state index >= 15 is 0 Å². The molecule has 4 rings (SSSR count). The van der Waals surface area contributed by atoms with Gasteiger partial charge in [-0.1, -0.05) is 29.8 Å². The predicted molar refractivity (Wildman–Crippen MR) is 128 cm³/mol. The molecule has 7 heteroatoms. The number of nitrogens with one attached hydrogen (secondary N) is 2. The number of hydrogen-bond acceptors (Lipinski definition) is 4. The Balaban J connectivity index is 1.56. The smallest absolute Gasteiger partial charge is 0.272 e. The molecule has 0 saturated carbocycles. The topological polar surface area (TPSA) is 78.5 Å². The molecule has 1 aliphatic heterocycles. The Labute approximate surface area is 190 Å². The fraction of sp³-hybridized carbons (Fsp3) is 0.160. The molecule has 32 heavy (non-hydrogen) atoms. The summed E-state index contributed by atoms with van der Waals surface area (Å²) in [6.45, 7) is 2.58. The summed E-state index contributed by atoms with van der Waals surface area (Å²) in [6, 6.07) is 18.1. The summed E-state index contributed by atoms with van der Waals surface area (Å²) in [5.41, 5.74) is 2.87. The Hall–Kier alpha value is -3.71. The van der Waals surface area contributed by atoms with Crippen molar-refractivity contribution in [2.75, 3.05) is 16.8 Å². The zero-order valence-electron chi connectivity index (χ0n) is 17.6. The van der Waals surface area contributed by atoms with Crippen LogP contribution in [0.3, 0.4) is 0 Å². The van der Waals surface area contributed by atoms with Crippen LogP contribution in [0.5, 0.6) is 0 Å². The fourth-order valence-electron chi connectivity index (χ4n) is 3.53. The normalized spacial score (nSPS) is 13.8. The molecule has 1 aromatic heterocycles. The fourth-order valence-corrected chi connectivity index (χ4v) is 4.18. The SMILES string of the molecule is Cc1cccc(C(=O)N/C(=C\c2cccs2)C(=O)Nc2cccc(N3CCCC3=O)c2)c1. The van der Waals surface area contributed by atoms with Crippen LogP contribution in [0.25, 0.3) is 6.08 Å². The van der Waals surface area contributed by atoms with Crippen molar-refractivity contribution in [2.24, 2.45) is 0 Å². The van der Waals surface area contributed by atoms with Gasteiger partial charge in [-0.15, -0.1) is 11.3 Å². The molecule has 6 nitrogen and oxygen atoms in total. The van der Waals surface area contributed by atoms with Gasteiger partial charge in [0.1, 0.15) is 5.70 Å². The summed E-state index contributed by atoms with van der Waals surface area (Å²) >= 11 is 1.47. The molecule has 162 valence electrons. The average Bonchev–Trinajstić information content (AvgIpc) is 3.45. The van der Waals surface area contributed by atoms with Crippen molar-refractivity contribution in [3.05, 3.63) is 87.7 Å². The van der Waals surface area contributed by atoms with Crippen LogP contribution in [0.15, 0.2) is 71.7 Å². The maximum absolute atomic E-state index is 13.1. The first-order valence-electron chi connectivity index (χ1n) is 10.3. The number of hydrogen-bond donors (Lipinski definition) is 2. The van der Waals surface area contributed by atoms with Gasteiger partial charge in [-0.2, -0.15) is 0 Å². The number of amides is 3. The summed E-state index contributed by atoms with van der Waals surface area (Å²) < 4.78 is 0. The Bertz CT molecular complexity index is 1180. The molecule has 2 heterocycles. The molecule has 0 aliphatic carbocycles. The van der Waals surface area contributed by atoms with E-state index in [4.69, 9.17) is 0 Å². The molecule has 0 unspecified atom stereocenters. The molecule has 0 spiro atoms. The second-order valence-corrected chi connectivity index (χ2v) is 8.53. The molecule has 1 saturated heterocycles. The molecule has 3 amide bonds. The Morgan fingerprint density at radius 1 is 1.06 bits per heavy atom. The van der Waals surface area contributed by atoms with Crippen molar-refractivity contribution >= 4 is 46.5 Å². The number of thiophene rings is 1. The van der Waals surface area contributed by atoms with Gasteiger partial charge in [0.15, 0.2) is 0 Å². The van der Waals surface area contributed by atoms with E-state index in [0.29, 0.717) is 24.2 Å². The van der Waals surface area contributed by atoms with Gasteiger partial charge < -0.3 is 15.5 Å². The van der Waals surface area contributed by atoms with Crippen molar-refractivity contribution in [1.29, 1.82) is 0 Å². The highest BCUT2D eigenvalue weighted by Crippen LogP contribution is 2.24. The van der Waals surface area contributed by atoms with Crippen LogP contribution in [0.2, 0.25) is 0 Å². The lowest BCUT2D eigenvalue weighted by atomic mass is 10.1. The summed E-state index contributed by atoms with van der Waals surface area (Å²) in [6.07, 6.45) is 3.02. The number of carbonyl (C=O) groups is 3. The number of rotatable bonds is 6. The van der Waals surface area contributed by atoms with Gasteiger partial charge in [-0.3, -0.25) is 14.4 Å². The molecule has 2 aromatic carbocycles. The predicted octanol–water partition coefficient (Wildman–Crippen LogP) is 4.59. The minimum absolute atomic E-state index is 0.0807. The van der Waals surface area contributed by atoms with Crippen LogP contribution in [0.1, 0.15) is 33.6 Å². The lowest BCUT2D eigenvalue weighted by molar-refractivity contribution is -0.117.